The first-order valence-corrected chi connectivity index (χ1v) is 11.1. The van der Waals surface area contributed by atoms with Gasteiger partial charge in [0.1, 0.15) is 17.6 Å². The van der Waals surface area contributed by atoms with E-state index in [9.17, 15) is 14.4 Å². The van der Waals surface area contributed by atoms with Crippen LogP contribution in [0.4, 0.5) is 4.79 Å². The van der Waals surface area contributed by atoms with Crippen molar-refractivity contribution >= 4 is 17.8 Å². The Balaban J connectivity index is 1.38. The highest BCUT2D eigenvalue weighted by Crippen LogP contribution is 2.37. The molecule has 2 N–H and O–H groups in total. The van der Waals surface area contributed by atoms with Crippen LogP contribution in [0.3, 0.4) is 0 Å². The number of hydrogen-bond donors (Lipinski definition) is 2. The molecule has 2 aliphatic heterocycles. The van der Waals surface area contributed by atoms with Gasteiger partial charge in [-0.1, -0.05) is 12.1 Å². The predicted octanol–water partition coefficient (Wildman–Crippen LogP) is 2.35. The lowest BCUT2D eigenvalue weighted by Gasteiger charge is -2.39. The van der Waals surface area contributed by atoms with E-state index in [1.165, 1.54) is 4.90 Å². The van der Waals surface area contributed by atoms with Gasteiger partial charge in [-0.05, 0) is 49.1 Å². The molecule has 9 heteroatoms. The maximum absolute atomic E-state index is 13.1. The molecule has 0 saturated carbocycles. The van der Waals surface area contributed by atoms with Gasteiger partial charge in [-0.3, -0.25) is 14.5 Å². The summed E-state index contributed by atoms with van der Waals surface area (Å²) in [7, 11) is 1.61. The number of imide groups is 1. The normalized spacial score (nSPS) is 19.9. The van der Waals surface area contributed by atoms with Crippen molar-refractivity contribution in [3.05, 3.63) is 54.0 Å². The van der Waals surface area contributed by atoms with Crippen LogP contribution in [-0.4, -0.2) is 55.7 Å². The van der Waals surface area contributed by atoms with Crippen LogP contribution in [-0.2, 0) is 26.3 Å². The Morgan fingerprint density at radius 1 is 1.21 bits per heavy atom. The van der Waals surface area contributed by atoms with Crippen LogP contribution >= 0.6 is 0 Å². The molecule has 2 aromatic rings. The summed E-state index contributed by atoms with van der Waals surface area (Å²) in [6, 6.07) is 10.2. The minimum atomic E-state index is -0.709. The lowest BCUT2D eigenvalue weighted by atomic mass is 9.73. The molecule has 2 saturated heterocycles. The first-order valence-electron chi connectivity index (χ1n) is 11.1. The number of furan rings is 1. The average molecular weight is 456 g/mol. The molecule has 0 aliphatic carbocycles. The van der Waals surface area contributed by atoms with Gasteiger partial charge in [0.05, 0.1) is 19.9 Å². The van der Waals surface area contributed by atoms with Crippen molar-refractivity contribution < 1.29 is 28.3 Å². The van der Waals surface area contributed by atoms with Gasteiger partial charge in [0, 0.05) is 31.6 Å². The molecule has 1 atom stereocenters. The highest BCUT2D eigenvalue weighted by Gasteiger charge is 2.44. The third-order valence-corrected chi connectivity index (χ3v) is 6.42. The van der Waals surface area contributed by atoms with Gasteiger partial charge in [-0.25, -0.2) is 4.79 Å². The third kappa shape index (κ3) is 5.19. The van der Waals surface area contributed by atoms with Crippen molar-refractivity contribution in [3.8, 4) is 5.75 Å². The first-order chi connectivity index (χ1) is 16.0. The Hall–Kier alpha value is -3.33. The Morgan fingerprint density at radius 2 is 1.97 bits per heavy atom. The topological polar surface area (TPSA) is 110 Å². The number of benzene rings is 1. The van der Waals surface area contributed by atoms with Crippen LogP contribution < -0.4 is 15.4 Å². The molecule has 176 valence electrons. The molecule has 0 spiro atoms. The van der Waals surface area contributed by atoms with E-state index in [1.807, 2.05) is 24.3 Å². The SMILES string of the molecule is COc1ccc(C2(CN3C(=O)N[C@H](CCC(=O)NCc4ccco4)C3=O)CCOCC2)cc1. The summed E-state index contributed by atoms with van der Waals surface area (Å²) >= 11 is 0. The molecule has 9 nitrogen and oxygen atoms in total. The van der Waals surface area contributed by atoms with E-state index in [1.54, 1.807) is 25.5 Å². The average Bonchev–Trinajstić information content (AvgIpc) is 3.46. The molecule has 0 bridgehead atoms. The fraction of sp³-hybridized carbons (Fsp3) is 0.458. The molecular weight excluding hydrogens is 426 g/mol. The molecular formula is C24H29N3O6. The molecule has 1 aromatic carbocycles. The highest BCUT2D eigenvalue weighted by atomic mass is 16.5. The summed E-state index contributed by atoms with van der Waals surface area (Å²) in [4.78, 5) is 39.2. The van der Waals surface area contributed by atoms with E-state index >= 15 is 0 Å². The number of carbonyl (C=O) groups excluding carboxylic acids is 3. The Labute approximate surface area is 192 Å². The fourth-order valence-corrected chi connectivity index (χ4v) is 4.43. The largest absolute Gasteiger partial charge is 0.497 e. The molecule has 3 heterocycles. The number of carbonyl (C=O) groups is 3. The van der Waals surface area contributed by atoms with Gasteiger partial charge in [-0.15, -0.1) is 0 Å². The van der Waals surface area contributed by atoms with E-state index in [2.05, 4.69) is 10.6 Å². The van der Waals surface area contributed by atoms with Crippen molar-refractivity contribution in [1.82, 2.24) is 15.5 Å². The lowest BCUT2D eigenvalue weighted by Crippen LogP contribution is -2.47. The van der Waals surface area contributed by atoms with Crippen LogP contribution in [0.2, 0.25) is 0 Å². The second-order valence-electron chi connectivity index (χ2n) is 8.44. The molecule has 4 amide bonds. The van der Waals surface area contributed by atoms with Gasteiger partial charge in [0.15, 0.2) is 0 Å². The van der Waals surface area contributed by atoms with Gasteiger partial charge >= 0.3 is 6.03 Å². The van der Waals surface area contributed by atoms with Crippen LogP contribution in [0.5, 0.6) is 5.75 Å². The van der Waals surface area contributed by atoms with E-state index in [0.29, 0.717) is 31.8 Å². The molecule has 2 aliphatic rings. The maximum atomic E-state index is 13.1. The molecule has 1 aromatic heterocycles. The standard InChI is InChI=1S/C24H29N3O6/c1-31-18-6-4-17(5-7-18)24(10-13-32-14-11-24)16-27-22(29)20(26-23(27)30)8-9-21(28)25-15-19-3-2-12-33-19/h2-7,12,20H,8-11,13-16H2,1H3,(H,25,28)(H,26,30)/t20-/m1/s1. The molecule has 0 radical (unpaired) electrons. The number of nitrogens with one attached hydrogen (secondary N) is 2. The van der Waals surface area contributed by atoms with Crippen LogP contribution in [0.1, 0.15) is 37.0 Å². The summed E-state index contributed by atoms with van der Waals surface area (Å²) in [5, 5.41) is 5.50. The highest BCUT2D eigenvalue weighted by molar-refractivity contribution is 6.04. The van der Waals surface area contributed by atoms with E-state index < -0.39 is 12.1 Å². The van der Waals surface area contributed by atoms with E-state index in [0.717, 1.165) is 11.3 Å². The maximum Gasteiger partial charge on any atom is 0.324 e. The number of urea groups is 1. The number of methoxy groups -OCH3 is 1. The van der Waals surface area contributed by atoms with Gasteiger partial charge in [-0.2, -0.15) is 0 Å². The van der Waals surface area contributed by atoms with Crippen molar-refractivity contribution in [2.75, 3.05) is 26.9 Å². The first kappa shape index (κ1) is 22.8. The fourth-order valence-electron chi connectivity index (χ4n) is 4.43. The lowest BCUT2D eigenvalue weighted by molar-refractivity contribution is -0.129. The zero-order valence-corrected chi connectivity index (χ0v) is 18.7. The summed E-state index contributed by atoms with van der Waals surface area (Å²) in [6.07, 6.45) is 3.32. The van der Waals surface area contributed by atoms with Crippen LogP contribution in [0, 0.1) is 0 Å². The minimum absolute atomic E-state index is 0.128. The van der Waals surface area contributed by atoms with Crippen molar-refractivity contribution in [3.63, 3.8) is 0 Å². The molecule has 2 fully saturated rings. The van der Waals surface area contributed by atoms with Gasteiger partial charge in [0.25, 0.3) is 5.91 Å². The zero-order chi connectivity index (χ0) is 23.3. The number of nitrogens with zero attached hydrogens (tertiary/aromatic N) is 1. The predicted molar refractivity (Wildman–Crippen MR) is 119 cm³/mol. The molecule has 33 heavy (non-hydrogen) atoms. The monoisotopic (exact) mass is 455 g/mol. The van der Waals surface area contributed by atoms with Crippen molar-refractivity contribution in [1.29, 1.82) is 0 Å². The number of ether oxygens (including phenoxy) is 2. The number of amides is 4. The molecule has 4 rings (SSSR count). The summed E-state index contributed by atoms with van der Waals surface area (Å²) < 4.78 is 16.0. The van der Waals surface area contributed by atoms with Gasteiger partial charge < -0.3 is 24.5 Å². The second-order valence-corrected chi connectivity index (χ2v) is 8.44. The summed E-state index contributed by atoms with van der Waals surface area (Å²) in [5.41, 5.74) is 0.667. The number of hydrogen-bond acceptors (Lipinski definition) is 6. The Kier molecular flexibility index (Phi) is 6.98. The van der Waals surface area contributed by atoms with Crippen LogP contribution in [0.25, 0.3) is 0 Å². The minimum Gasteiger partial charge on any atom is -0.497 e. The van der Waals surface area contributed by atoms with Crippen molar-refractivity contribution in [2.24, 2.45) is 0 Å². The Bertz CT molecular complexity index is 967. The summed E-state index contributed by atoms with van der Waals surface area (Å²) in [5.74, 6) is 0.908. The van der Waals surface area contributed by atoms with E-state index in [4.69, 9.17) is 13.9 Å². The van der Waals surface area contributed by atoms with Gasteiger partial charge in [0.2, 0.25) is 5.91 Å². The van der Waals surface area contributed by atoms with Crippen molar-refractivity contribution in [2.45, 2.75) is 43.7 Å². The zero-order valence-electron chi connectivity index (χ0n) is 18.7. The number of rotatable bonds is 9. The smallest absolute Gasteiger partial charge is 0.324 e. The Morgan fingerprint density at radius 3 is 2.64 bits per heavy atom. The van der Waals surface area contributed by atoms with Crippen LogP contribution in [0.15, 0.2) is 47.1 Å². The quantitative estimate of drug-likeness (QED) is 0.562. The van der Waals surface area contributed by atoms with E-state index in [-0.39, 0.29) is 43.2 Å². The second kappa shape index (κ2) is 10.1. The third-order valence-electron chi connectivity index (χ3n) is 6.42. The molecule has 0 unspecified atom stereocenters. The summed E-state index contributed by atoms with van der Waals surface area (Å²) in [6.45, 7) is 1.69.